The molecule has 1 aromatic rings. The SMILES string of the molecule is CC1OCCC1C(=O)Nc1ccc(CCO)cc1. The highest BCUT2D eigenvalue weighted by molar-refractivity contribution is 5.93. The standard InChI is InChI=1S/C14H19NO3/c1-10-13(7-9-18-10)14(17)15-12-4-2-11(3-5-12)6-8-16/h2-5,10,13,16H,6-9H2,1H3,(H,15,17). The Balaban J connectivity index is 1.94. The van der Waals surface area contributed by atoms with Gasteiger partial charge in [-0.15, -0.1) is 0 Å². The summed E-state index contributed by atoms with van der Waals surface area (Å²) in [6.45, 7) is 2.74. The van der Waals surface area contributed by atoms with E-state index in [0.29, 0.717) is 13.0 Å². The minimum atomic E-state index is -0.0536. The Morgan fingerprint density at radius 2 is 2.17 bits per heavy atom. The number of rotatable bonds is 4. The lowest BCUT2D eigenvalue weighted by atomic mass is 10.0. The third-order valence-electron chi connectivity index (χ3n) is 3.33. The average molecular weight is 249 g/mol. The quantitative estimate of drug-likeness (QED) is 0.852. The minimum absolute atomic E-state index is 0.00124. The highest BCUT2D eigenvalue weighted by atomic mass is 16.5. The molecule has 0 spiro atoms. The molecule has 0 saturated carbocycles. The fraction of sp³-hybridized carbons (Fsp3) is 0.500. The summed E-state index contributed by atoms with van der Waals surface area (Å²) in [7, 11) is 0. The predicted octanol–water partition coefficient (Wildman–Crippen LogP) is 1.58. The molecule has 98 valence electrons. The molecule has 1 aliphatic heterocycles. The van der Waals surface area contributed by atoms with E-state index in [1.54, 1.807) is 0 Å². The van der Waals surface area contributed by atoms with E-state index < -0.39 is 0 Å². The number of nitrogens with one attached hydrogen (secondary N) is 1. The molecule has 2 atom stereocenters. The number of amides is 1. The Labute approximate surface area is 107 Å². The third-order valence-corrected chi connectivity index (χ3v) is 3.33. The van der Waals surface area contributed by atoms with Crippen LogP contribution in [0.25, 0.3) is 0 Å². The van der Waals surface area contributed by atoms with Crippen LogP contribution < -0.4 is 5.32 Å². The second-order valence-corrected chi connectivity index (χ2v) is 4.63. The van der Waals surface area contributed by atoms with Crippen LogP contribution in [0.4, 0.5) is 5.69 Å². The van der Waals surface area contributed by atoms with Gasteiger partial charge in [-0.1, -0.05) is 12.1 Å². The number of ether oxygens (including phenoxy) is 1. The lowest BCUT2D eigenvalue weighted by molar-refractivity contribution is -0.121. The summed E-state index contributed by atoms with van der Waals surface area (Å²) < 4.78 is 5.39. The second-order valence-electron chi connectivity index (χ2n) is 4.63. The van der Waals surface area contributed by atoms with E-state index in [0.717, 1.165) is 17.7 Å². The van der Waals surface area contributed by atoms with Crippen molar-refractivity contribution in [3.05, 3.63) is 29.8 Å². The van der Waals surface area contributed by atoms with Gasteiger partial charge in [0.15, 0.2) is 0 Å². The first kappa shape index (κ1) is 13.1. The maximum atomic E-state index is 12.0. The molecule has 0 aliphatic carbocycles. The van der Waals surface area contributed by atoms with Gasteiger partial charge in [0.1, 0.15) is 0 Å². The number of aliphatic hydroxyl groups excluding tert-OH is 1. The molecule has 2 N–H and O–H groups in total. The molecule has 0 aromatic heterocycles. The molecule has 18 heavy (non-hydrogen) atoms. The highest BCUT2D eigenvalue weighted by Gasteiger charge is 2.30. The van der Waals surface area contributed by atoms with Gasteiger partial charge < -0.3 is 15.2 Å². The van der Waals surface area contributed by atoms with Crippen LogP contribution in [0.2, 0.25) is 0 Å². The van der Waals surface area contributed by atoms with Crippen LogP contribution in [0.3, 0.4) is 0 Å². The first-order chi connectivity index (χ1) is 8.70. The molecule has 4 nitrogen and oxygen atoms in total. The topological polar surface area (TPSA) is 58.6 Å². The first-order valence-electron chi connectivity index (χ1n) is 6.33. The van der Waals surface area contributed by atoms with E-state index in [-0.39, 0.29) is 24.5 Å². The van der Waals surface area contributed by atoms with E-state index >= 15 is 0 Å². The van der Waals surface area contributed by atoms with Gasteiger partial charge in [0, 0.05) is 18.9 Å². The molecule has 1 saturated heterocycles. The molecule has 2 rings (SSSR count). The number of benzene rings is 1. The van der Waals surface area contributed by atoms with Gasteiger partial charge in [0.05, 0.1) is 12.0 Å². The Hall–Kier alpha value is -1.39. The van der Waals surface area contributed by atoms with E-state index in [9.17, 15) is 4.79 Å². The minimum Gasteiger partial charge on any atom is -0.396 e. The number of carbonyl (C=O) groups is 1. The van der Waals surface area contributed by atoms with Crippen molar-refractivity contribution in [1.82, 2.24) is 0 Å². The van der Waals surface area contributed by atoms with E-state index in [4.69, 9.17) is 9.84 Å². The first-order valence-corrected chi connectivity index (χ1v) is 6.33. The van der Waals surface area contributed by atoms with Crippen molar-refractivity contribution in [3.63, 3.8) is 0 Å². The van der Waals surface area contributed by atoms with Crippen LogP contribution in [0.5, 0.6) is 0 Å². The molecule has 2 unspecified atom stereocenters. The monoisotopic (exact) mass is 249 g/mol. The molecular weight excluding hydrogens is 230 g/mol. The molecule has 0 bridgehead atoms. The largest absolute Gasteiger partial charge is 0.396 e. The lowest BCUT2D eigenvalue weighted by Gasteiger charge is -2.14. The van der Waals surface area contributed by atoms with Crippen molar-refractivity contribution < 1.29 is 14.6 Å². The average Bonchev–Trinajstić information content (AvgIpc) is 2.78. The van der Waals surface area contributed by atoms with Gasteiger partial charge in [0.25, 0.3) is 0 Å². The van der Waals surface area contributed by atoms with Crippen LogP contribution >= 0.6 is 0 Å². The molecule has 1 amide bonds. The predicted molar refractivity (Wildman–Crippen MR) is 69.4 cm³/mol. The highest BCUT2D eigenvalue weighted by Crippen LogP contribution is 2.22. The van der Waals surface area contributed by atoms with Crippen molar-refractivity contribution in [2.75, 3.05) is 18.5 Å². The van der Waals surface area contributed by atoms with Crippen LogP contribution in [0.15, 0.2) is 24.3 Å². The van der Waals surface area contributed by atoms with Gasteiger partial charge in [-0.05, 0) is 37.5 Å². The van der Waals surface area contributed by atoms with Gasteiger partial charge in [0.2, 0.25) is 5.91 Å². The van der Waals surface area contributed by atoms with Crippen LogP contribution in [-0.2, 0) is 16.0 Å². The molecule has 1 aromatic carbocycles. The summed E-state index contributed by atoms with van der Waals surface area (Å²) >= 11 is 0. The van der Waals surface area contributed by atoms with Crippen molar-refractivity contribution in [3.8, 4) is 0 Å². The van der Waals surface area contributed by atoms with Crippen LogP contribution in [0, 0.1) is 5.92 Å². The fourth-order valence-corrected chi connectivity index (χ4v) is 2.19. The summed E-state index contributed by atoms with van der Waals surface area (Å²) in [6.07, 6.45) is 1.43. The zero-order chi connectivity index (χ0) is 13.0. The van der Waals surface area contributed by atoms with Crippen molar-refractivity contribution in [2.24, 2.45) is 5.92 Å². The number of anilines is 1. The Morgan fingerprint density at radius 3 is 2.72 bits per heavy atom. The Bertz CT molecular complexity index is 402. The Kier molecular flexibility index (Phi) is 4.33. The van der Waals surface area contributed by atoms with Crippen LogP contribution in [-0.4, -0.2) is 30.3 Å². The lowest BCUT2D eigenvalue weighted by Crippen LogP contribution is -2.27. The summed E-state index contributed by atoms with van der Waals surface area (Å²) in [5.74, 6) is -0.0305. The molecule has 1 aliphatic rings. The van der Waals surface area contributed by atoms with Crippen molar-refractivity contribution >= 4 is 11.6 Å². The second kappa shape index (κ2) is 5.98. The van der Waals surface area contributed by atoms with E-state index in [2.05, 4.69) is 5.32 Å². The third kappa shape index (κ3) is 3.09. The zero-order valence-electron chi connectivity index (χ0n) is 10.6. The molecular formula is C14H19NO3. The van der Waals surface area contributed by atoms with Gasteiger partial charge in [-0.25, -0.2) is 0 Å². The maximum absolute atomic E-state index is 12.0. The van der Waals surface area contributed by atoms with Crippen LogP contribution in [0.1, 0.15) is 18.9 Å². The number of hydrogen-bond acceptors (Lipinski definition) is 3. The smallest absolute Gasteiger partial charge is 0.230 e. The molecule has 1 heterocycles. The number of aliphatic hydroxyl groups is 1. The summed E-state index contributed by atoms with van der Waals surface area (Å²) in [6, 6.07) is 7.56. The summed E-state index contributed by atoms with van der Waals surface area (Å²) in [4.78, 5) is 12.0. The van der Waals surface area contributed by atoms with Gasteiger partial charge in [-0.2, -0.15) is 0 Å². The van der Waals surface area contributed by atoms with E-state index in [1.807, 2.05) is 31.2 Å². The normalized spacial score (nSPS) is 23.0. The fourth-order valence-electron chi connectivity index (χ4n) is 2.19. The number of carbonyl (C=O) groups excluding carboxylic acids is 1. The zero-order valence-corrected chi connectivity index (χ0v) is 10.6. The Morgan fingerprint density at radius 1 is 1.44 bits per heavy atom. The summed E-state index contributed by atoms with van der Waals surface area (Å²) in [5, 5.41) is 11.7. The molecule has 0 radical (unpaired) electrons. The van der Waals surface area contributed by atoms with E-state index in [1.165, 1.54) is 0 Å². The number of hydrogen-bond donors (Lipinski definition) is 2. The van der Waals surface area contributed by atoms with Gasteiger partial charge in [-0.3, -0.25) is 4.79 Å². The van der Waals surface area contributed by atoms with Gasteiger partial charge >= 0.3 is 0 Å². The summed E-state index contributed by atoms with van der Waals surface area (Å²) in [5.41, 5.74) is 1.86. The molecule has 1 fully saturated rings. The van der Waals surface area contributed by atoms with Crippen molar-refractivity contribution in [1.29, 1.82) is 0 Å². The maximum Gasteiger partial charge on any atom is 0.230 e. The van der Waals surface area contributed by atoms with Crippen molar-refractivity contribution in [2.45, 2.75) is 25.9 Å². The molecule has 4 heteroatoms.